The second kappa shape index (κ2) is 7.24. The van der Waals surface area contributed by atoms with E-state index in [4.69, 9.17) is 0 Å². The first kappa shape index (κ1) is 16.3. The quantitative estimate of drug-likeness (QED) is 0.734. The van der Waals surface area contributed by atoms with Crippen LogP contribution in [0.25, 0.3) is 0 Å². The SMILES string of the molecule is CCc1ccsc1CNC(CC(C)(C)C)c1ccccc1. The molecule has 2 rings (SSSR count). The molecule has 1 nitrogen and oxygen atoms in total. The third kappa shape index (κ3) is 4.98. The van der Waals surface area contributed by atoms with Crippen molar-refractivity contribution in [3.05, 3.63) is 57.8 Å². The van der Waals surface area contributed by atoms with E-state index in [-0.39, 0.29) is 0 Å². The summed E-state index contributed by atoms with van der Waals surface area (Å²) in [6.07, 6.45) is 2.26. The van der Waals surface area contributed by atoms with Crippen molar-refractivity contribution in [2.75, 3.05) is 0 Å². The van der Waals surface area contributed by atoms with Gasteiger partial charge in [0.05, 0.1) is 0 Å². The molecule has 0 aliphatic rings. The summed E-state index contributed by atoms with van der Waals surface area (Å²) < 4.78 is 0. The Bertz CT molecular complexity index is 536. The van der Waals surface area contributed by atoms with Crippen LogP contribution in [0.5, 0.6) is 0 Å². The van der Waals surface area contributed by atoms with Gasteiger partial charge in [0.1, 0.15) is 0 Å². The molecule has 114 valence electrons. The summed E-state index contributed by atoms with van der Waals surface area (Å²) in [7, 11) is 0. The molecule has 1 aromatic carbocycles. The largest absolute Gasteiger partial charge is 0.305 e. The lowest BCUT2D eigenvalue weighted by atomic mass is 9.85. The molecule has 0 bridgehead atoms. The highest BCUT2D eigenvalue weighted by atomic mass is 32.1. The smallest absolute Gasteiger partial charge is 0.0328 e. The Hall–Kier alpha value is -1.12. The third-order valence-electron chi connectivity index (χ3n) is 3.75. The maximum Gasteiger partial charge on any atom is 0.0328 e. The Morgan fingerprint density at radius 2 is 1.81 bits per heavy atom. The van der Waals surface area contributed by atoms with Crippen molar-refractivity contribution in [3.8, 4) is 0 Å². The van der Waals surface area contributed by atoms with Gasteiger partial charge >= 0.3 is 0 Å². The van der Waals surface area contributed by atoms with Crippen molar-refractivity contribution >= 4 is 11.3 Å². The molecule has 0 saturated heterocycles. The van der Waals surface area contributed by atoms with Gasteiger partial charge in [0.2, 0.25) is 0 Å². The molecular weight excluding hydrogens is 274 g/mol. The molecule has 1 N–H and O–H groups in total. The van der Waals surface area contributed by atoms with Crippen LogP contribution >= 0.6 is 11.3 Å². The van der Waals surface area contributed by atoms with Gasteiger partial charge in [0.25, 0.3) is 0 Å². The van der Waals surface area contributed by atoms with Crippen LogP contribution in [0.15, 0.2) is 41.8 Å². The summed E-state index contributed by atoms with van der Waals surface area (Å²) in [5, 5.41) is 5.99. The van der Waals surface area contributed by atoms with E-state index < -0.39 is 0 Å². The zero-order chi connectivity index (χ0) is 15.3. The minimum Gasteiger partial charge on any atom is -0.305 e. The Kier molecular flexibility index (Phi) is 5.60. The van der Waals surface area contributed by atoms with Gasteiger partial charge in [0, 0.05) is 17.5 Å². The molecule has 0 fully saturated rings. The highest BCUT2D eigenvalue weighted by molar-refractivity contribution is 7.10. The third-order valence-corrected chi connectivity index (χ3v) is 4.71. The van der Waals surface area contributed by atoms with Gasteiger partial charge < -0.3 is 5.32 Å². The van der Waals surface area contributed by atoms with E-state index in [1.807, 2.05) is 11.3 Å². The number of thiophene rings is 1. The molecule has 0 saturated carbocycles. The minimum atomic E-state index is 0.316. The van der Waals surface area contributed by atoms with E-state index in [9.17, 15) is 0 Å². The highest BCUT2D eigenvalue weighted by Gasteiger charge is 2.20. The van der Waals surface area contributed by atoms with Crippen LogP contribution in [-0.4, -0.2) is 0 Å². The van der Waals surface area contributed by atoms with E-state index in [0.29, 0.717) is 11.5 Å². The molecule has 0 aliphatic carbocycles. The first-order chi connectivity index (χ1) is 9.99. The topological polar surface area (TPSA) is 12.0 Å². The maximum atomic E-state index is 3.78. The lowest BCUT2D eigenvalue weighted by Crippen LogP contribution is -2.25. The monoisotopic (exact) mass is 301 g/mol. The van der Waals surface area contributed by atoms with Gasteiger partial charge in [-0.05, 0) is 40.8 Å². The molecule has 0 radical (unpaired) electrons. The fourth-order valence-corrected chi connectivity index (χ4v) is 3.59. The summed E-state index contributed by atoms with van der Waals surface area (Å²) >= 11 is 1.87. The number of rotatable bonds is 6. The first-order valence-corrected chi connectivity index (χ1v) is 8.71. The molecule has 1 atom stereocenters. The number of benzene rings is 1. The Labute approximate surface area is 133 Å². The van der Waals surface area contributed by atoms with E-state index in [1.54, 1.807) is 0 Å². The average Bonchev–Trinajstić information content (AvgIpc) is 2.90. The molecule has 1 aromatic heterocycles. The summed E-state index contributed by atoms with van der Waals surface area (Å²) in [5.41, 5.74) is 3.19. The molecule has 0 spiro atoms. The van der Waals surface area contributed by atoms with Crippen LogP contribution in [0.4, 0.5) is 0 Å². The summed E-state index contributed by atoms with van der Waals surface area (Å²) in [5.74, 6) is 0. The Morgan fingerprint density at radius 3 is 2.43 bits per heavy atom. The predicted octanol–water partition coefficient (Wildman–Crippen LogP) is 5.58. The van der Waals surface area contributed by atoms with E-state index in [1.165, 1.54) is 16.0 Å². The van der Waals surface area contributed by atoms with Gasteiger partial charge in [-0.1, -0.05) is 58.0 Å². The summed E-state index contributed by atoms with van der Waals surface area (Å²) in [4.78, 5) is 1.48. The summed E-state index contributed by atoms with van der Waals surface area (Å²) in [6.45, 7) is 10.1. The second-order valence-corrected chi connectivity index (χ2v) is 7.83. The van der Waals surface area contributed by atoms with E-state index in [2.05, 4.69) is 74.8 Å². The second-order valence-electron chi connectivity index (χ2n) is 6.83. The average molecular weight is 301 g/mol. The number of hydrogen-bond donors (Lipinski definition) is 1. The van der Waals surface area contributed by atoms with Gasteiger partial charge in [-0.3, -0.25) is 0 Å². The van der Waals surface area contributed by atoms with Crippen molar-refractivity contribution in [1.82, 2.24) is 5.32 Å². The fraction of sp³-hybridized carbons (Fsp3) is 0.474. The lowest BCUT2D eigenvalue weighted by molar-refractivity contribution is 0.310. The van der Waals surface area contributed by atoms with Gasteiger partial charge in [-0.15, -0.1) is 11.3 Å². The number of hydrogen-bond acceptors (Lipinski definition) is 2. The number of aryl methyl sites for hydroxylation is 1. The summed E-state index contributed by atoms with van der Waals surface area (Å²) in [6, 6.07) is 13.5. The molecule has 2 aromatic rings. The van der Waals surface area contributed by atoms with E-state index in [0.717, 1.165) is 19.4 Å². The Balaban J connectivity index is 2.09. The van der Waals surface area contributed by atoms with Crippen LogP contribution in [-0.2, 0) is 13.0 Å². The van der Waals surface area contributed by atoms with Crippen LogP contribution in [0.2, 0.25) is 0 Å². The van der Waals surface area contributed by atoms with E-state index >= 15 is 0 Å². The first-order valence-electron chi connectivity index (χ1n) is 7.83. The molecule has 0 amide bonds. The standard InChI is InChI=1S/C19H27NS/c1-5-15-11-12-21-18(15)14-20-17(13-19(2,3)4)16-9-7-6-8-10-16/h6-12,17,20H,5,13-14H2,1-4H3. The molecule has 2 heteroatoms. The van der Waals surface area contributed by atoms with Crippen LogP contribution < -0.4 is 5.32 Å². The number of nitrogens with one attached hydrogen (secondary N) is 1. The van der Waals surface area contributed by atoms with Crippen molar-refractivity contribution < 1.29 is 0 Å². The molecule has 21 heavy (non-hydrogen) atoms. The van der Waals surface area contributed by atoms with Crippen LogP contribution in [0.3, 0.4) is 0 Å². The van der Waals surface area contributed by atoms with Gasteiger partial charge in [-0.25, -0.2) is 0 Å². The van der Waals surface area contributed by atoms with Crippen LogP contribution in [0.1, 0.15) is 56.2 Å². The van der Waals surface area contributed by atoms with Crippen molar-refractivity contribution in [2.24, 2.45) is 5.41 Å². The highest BCUT2D eigenvalue weighted by Crippen LogP contribution is 2.30. The zero-order valence-corrected chi connectivity index (χ0v) is 14.5. The van der Waals surface area contributed by atoms with Gasteiger partial charge in [0.15, 0.2) is 0 Å². The molecule has 1 unspecified atom stereocenters. The van der Waals surface area contributed by atoms with Crippen LogP contribution in [0, 0.1) is 5.41 Å². The zero-order valence-electron chi connectivity index (χ0n) is 13.6. The molecule has 0 aliphatic heterocycles. The molecule has 1 heterocycles. The minimum absolute atomic E-state index is 0.316. The predicted molar refractivity (Wildman–Crippen MR) is 93.8 cm³/mol. The Morgan fingerprint density at radius 1 is 1.10 bits per heavy atom. The normalized spacial score (nSPS) is 13.3. The maximum absolute atomic E-state index is 3.78. The van der Waals surface area contributed by atoms with Gasteiger partial charge in [-0.2, -0.15) is 0 Å². The van der Waals surface area contributed by atoms with Crippen molar-refractivity contribution in [1.29, 1.82) is 0 Å². The molecular formula is C19H27NS. The fourth-order valence-electron chi connectivity index (χ4n) is 2.66. The lowest BCUT2D eigenvalue weighted by Gasteiger charge is -2.27. The van der Waals surface area contributed by atoms with Crippen molar-refractivity contribution in [2.45, 2.75) is 53.1 Å². The van der Waals surface area contributed by atoms with Crippen molar-refractivity contribution in [3.63, 3.8) is 0 Å².